The topological polar surface area (TPSA) is 87.1 Å². The zero-order valence-electron chi connectivity index (χ0n) is 8.08. The zero-order valence-corrected chi connectivity index (χ0v) is 8.08. The molecule has 3 N–H and O–H groups in total. The normalized spacial score (nSPS) is 10.2. The molecule has 0 heterocycles. The third-order valence-corrected chi connectivity index (χ3v) is 2.08. The molecule has 0 aliphatic rings. The molecule has 0 bridgehead atoms. The van der Waals surface area contributed by atoms with Crippen LogP contribution in [0, 0.1) is 11.3 Å². The number of nitrogens with two attached hydrogens (primary N) is 1. The van der Waals surface area contributed by atoms with E-state index in [1.807, 2.05) is 0 Å². The smallest absolute Gasteiger partial charge is 0.336 e. The van der Waals surface area contributed by atoms with Crippen molar-refractivity contribution in [3.8, 4) is 6.07 Å². The van der Waals surface area contributed by atoms with Crippen molar-refractivity contribution in [2.24, 2.45) is 5.73 Å². The molecule has 16 heavy (non-hydrogen) atoms. The number of aromatic carboxylic acids is 1. The van der Waals surface area contributed by atoms with Gasteiger partial charge < -0.3 is 10.8 Å². The Kier molecular flexibility index (Phi) is 3.53. The molecule has 0 radical (unpaired) electrons. The Hall–Kier alpha value is -2.00. The number of carbonyl (C=O) groups is 1. The van der Waals surface area contributed by atoms with Crippen molar-refractivity contribution in [3.05, 3.63) is 34.4 Å². The van der Waals surface area contributed by atoms with E-state index in [0.717, 1.165) is 12.1 Å². The average Bonchev–Trinajstić information content (AvgIpc) is 2.26. The number of carboxylic acids is 1. The van der Waals surface area contributed by atoms with Gasteiger partial charge in [0.25, 0.3) is 6.43 Å². The number of nitriles is 1. The van der Waals surface area contributed by atoms with Gasteiger partial charge in [0.1, 0.15) is 0 Å². The molecule has 0 aliphatic heterocycles. The zero-order chi connectivity index (χ0) is 12.3. The Morgan fingerprint density at radius 1 is 1.56 bits per heavy atom. The van der Waals surface area contributed by atoms with E-state index in [1.54, 1.807) is 0 Å². The first-order valence-corrected chi connectivity index (χ1v) is 4.29. The Balaban J connectivity index is 3.48. The maximum Gasteiger partial charge on any atom is 0.336 e. The van der Waals surface area contributed by atoms with Crippen LogP contribution >= 0.6 is 0 Å². The van der Waals surface area contributed by atoms with Crippen LogP contribution < -0.4 is 5.73 Å². The van der Waals surface area contributed by atoms with Crippen molar-refractivity contribution >= 4 is 5.97 Å². The van der Waals surface area contributed by atoms with Crippen LogP contribution in [0.5, 0.6) is 0 Å². The third-order valence-electron chi connectivity index (χ3n) is 2.08. The first-order valence-electron chi connectivity index (χ1n) is 4.29. The van der Waals surface area contributed by atoms with E-state index in [1.165, 1.54) is 6.07 Å². The first kappa shape index (κ1) is 12.1. The van der Waals surface area contributed by atoms with Crippen LogP contribution in [0.4, 0.5) is 8.78 Å². The van der Waals surface area contributed by atoms with Gasteiger partial charge in [0.15, 0.2) is 0 Å². The van der Waals surface area contributed by atoms with Gasteiger partial charge in [0.05, 0.1) is 17.2 Å². The van der Waals surface area contributed by atoms with Crippen LogP contribution in [0.1, 0.15) is 33.5 Å². The van der Waals surface area contributed by atoms with Crippen LogP contribution in [0.3, 0.4) is 0 Å². The van der Waals surface area contributed by atoms with Crippen molar-refractivity contribution in [1.82, 2.24) is 0 Å². The molecule has 1 rings (SSSR count). The minimum absolute atomic E-state index is 0.0850. The van der Waals surface area contributed by atoms with Gasteiger partial charge >= 0.3 is 5.97 Å². The summed E-state index contributed by atoms with van der Waals surface area (Å²) in [4.78, 5) is 10.8. The predicted molar refractivity (Wildman–Crippen MR) is 51.0 cm³/mol. The SMILES string of the molecule is N#Cc1cc(C(=O)O)c(CN)cc1C(F)F. The van der Waals surface area contributed by atoms with Crippen molar-refractivity contribution in [2.75, 3.05) is 0 Å². The Morgan fingerprint density at radius 2 is 2.19 bits per heavy atom. The fourth-order valence-electron chi connectivity index (χ4n) is 1.31. The van der Waals surface area contributed by atoms with Crippen molar-refractivity contribution in [1.29, 1.82) is 5.26 Å². The number of hydrogen-bond donors (Lipinski definition) is 2. The third kappa shape index (κ3) is 2.15. The van der Waals surface area contributed by atoms with Gasteiger partial charge in [-0.25, -0.2) is 13.6 Å². The average molecular weight is 226 g/mol. The Labute approximate surface area is 89.9 Å². The van der Waals surface area contributed by atoms with Crippen LogP contribution in [-0.2, 0) is 6.54 Å². The second-order valence-corrected chi connectivity index (χ2v) is 3.02. The lowest BCUT2D eigenvalue weighted by molar-refractivity contribution is 0.0695. The van der Waals surface area contributed by atoms with Gasteiger partial charge in [-0.05, 0) is 17.7 Å². The minimum Gasteiger partial charge on any atom is -0.478 e. The van der Waals surface area contributed by atoms with Gasteiger partial charge in [-0.1, -0.05) is 0 Å². The molecule has 0 atom stereocenters. The van der Waals surface area contributed by atoms with E-state index in [2.05, 4.69) is 0 Å². The maximum absolute atomic E-state index is 12.5. The molecule has 1 aromatic rings. The van der Waals surface area contributed by atoms with Crippen LogP contribution in [0.15, 0.2) is 12.1 Å². The van der Waals surface area contributed by atoms with Crippen molar-refractivity contribution < 1.29 is 18.7 Å². The molecule has 0 fully saturated rings. The van der Waals surface area contributed by atoms with E-state index < -0.39 is 18.0 Å². The van der Waals surface area contributed by atoms with Crippen molar-refractivity contribution in [2.45, 2.75) is 13.0 Å². The largest absolute Gasteiger partial charge is 0.478 e. The predicted octanol–water partition coefficient (Wildman–Crippen LogP) is 1.65. The number of carboxylic acid groups (broad SMARTS) is 1. The summed E-state index contributed by atoms with van der Waals surface area (Å²) in [5.74, 6) is -1.29. The van der Waals surface area contributed by atoms with E-state index in [0.29, 0.717) is 0 Å². The molecule has 0 saturated carbocycles. The van der Waals surface area contributed by atoms with E-state index in [-0.39, 0.29) is 23.2 Å². The number of benzene rings is 1. The fourth-order valence-corrected chi connectivity index (χ4v) is 1.31. The molecule has 0 saturated heterocycles. The highest BCUT2D eigenvalue weighted by Crippen LogP contribution is 2.26. The molecule has 0 aromatic heterocycles. The van der Waals surface area contributed by atoms with Crippen LogP contribution in [0.25, 0.3) is 0 Å². The number of halogens is 2. The molecule has 1 aromatic carbocycles. The standard InChI is InChI=1S/C10H8F2N2O2/c11-9(12)7-1-6(4-14)8(10(15)16)2-5(7)3-13/h1-2,9H,4,14H2,(H,15,16). The second-order valence-electron chi connectivity index (χ2n) is 3.02. The van der Waals surface area contributed by atoms with Gasteiger partial charge in [-0.2, -0.15) is 5.26 Å². The summed E-state index contributed by atoms with van der Waals surface area (Å²) < 4.78 is 25.0. The number of alkyl halides is 2. The molecule has 6 heteroatoms. The molecule has 0 unspecified atom stereocenters. The van der Waals surface area contributed by atoms with Gasteiger partial charge in [0.2, 0.25) is 0 Å². The highest BCUT2D eigenvalue weighted by Gasteiger charge is 2.18. The minimum atomic E-state index is -2.83. The van der Waals surface area contributed by atoms with Gasteiger partial charge in [0, 0.05) is 12.1 Å². The highest BCUT2D eigenvalue weighted by atomic mass is 19.3. The van der Waals surface area contributed by atoms with E-state index in [9.17, 15) is 13.6 Å². The summed E-state index contributed by atoms with van der Waals surface area (Å²) in [5.41, 5.74) is 4.29. The Bertz CT molecular complexity index is 467. The number of nitrogens with zero attached hydrogens (tertiary/aromatic N) is 1. The summed E-state index contributed by atoms with van der Waals surface area (Å²) in [6, 6.07) is 3.43. The molecule has 4 nitrogen and oxygen atoms in total. The number of hydrogen-bond acceptors (Lipinski definition) is 3. The lowest BCUT2D eigenvalue weighted by Crippen LogP contribution is -2.09. The quantitative estimate of drug-likeness (QED) is 0.820. The summed E-state index contributed by atoms with van der Waals surface area (Å²) in [5, 5.41) is 17.4. The molecular weight excluding hydrogens is 218 g/mol. The maximum atomic E-state index is 12.5. The summed E-state index contributed by atoms with van der Waals surface area (Å²) in [6.07, 6.45) is -2.83. The lowest BCUT2D eigenvalue weighted by atomic mass is 9.99. The van der Waals surface area contributed by atoms with E-state index in [4.69, 9.17) is 16.1 Å². The van der Waals surface area contributed by atoms with Crippen molar-refractivity contribution in [3.63, 3.8) is 0 Å². The molecule has 0 amide bonds. The van der Waals surface area contributed by atoms with Gasteiger partial charge in [-0.3, -0.25) is 0 Å². The van der Waals surface area contributed by atoms with Crippen LogP contribution in [0.2, 0.25) is 0 Å². The molecule has 84 valence electrons. The first-order chi connectivity index (χ1) is 7.51. The lowest BCUT2D eigenvalue weighted by Gasteiger charge is -2.08. The summed E-state index contributed by atoms with van der Waals surface area (Å²) >= 11 is 0. The summed E-state index contributed by atoms with van der Waals surface area (Å²) in [6.45, 7) is -0.174. The summed E-state index contributed by atoms with van der Waals surface area (Å²) in [7, 11) is 0. The number of rotatable bonds is 3. The monoisotopic (exact) mass is 226 g/mol. The Morgan fingerprint density at radius 3 is 2.56 bits per heavy atom. The van der Waals surface area contributed by atoms with E-state index >= 15 is 0 Å². The molecular formula is C10H8F2N2O2. The fraction of sp³-hybridized carbons (Fsp3) is 0.200. The molecule has 0 spiro atoms. The van der Waals surface area contributed by atoms with Crippen LogP contribution in [-0.4, -0.2) is 11.1 Å². The van der Waals surface area contributed by atoms with Gasteiger partial charge in [-0.15, -0.1) is 0 Å². The molecule has 0 aliphatic carbocycles. The highest BCUT2D eigenvalue weighted by molar-refractivity contribution is 5.90. The second kappa shape index (κ2) is 4.68.